The minimum absolute atomic E-state index is 0.0552. The van der Waals surface area contributed by atoms with E-state index >= 15 is 0 Å². The summed E-state index contributed by atoms with van der Waals surface area (Å²) in [5, 5.41) is 28.0. The van der Waals surface area contributed by atoms with Gasteiger partial charge >= 0.3 is 11.9 Å². The predicted octanol–water partition coefficient (Wildman–Crippen LogP) is -1.17. The van der Waals surface area contributed by atoms with Gasteiger partial charge in [0.15, 0.2) is 0 Å². The highest BCUT2D eigenvalue weighted by Crippen LogP contribution is 2.10. The summed E-state index contributed by atoms with van der Waals surface area (Å²) < 4.78 is 0. The van der Waals surface area contributed by atoms with Crippen LogP contribution in [0.5, 0.6) is 0 Å². The Labute approximate surface area is 239 Å². The molecule has 0 aromatic rings. The summed E-state index contributed by atoms with van der Waals surface area (Å²) in [7, 11) is 0. The monoisotopic (exact) mass is 586 g/mol. The fraction of sp³-hybridized carbons (Fsp3) is 0.731. The van der Waals surface area contributed by atoms with E-state index in [1.54, 1.807) is 34.6 Å². The number of carbonyl (C=O) groups excluding carboxylic acids is 5. The van der Waals surface area contributed by atoms with Crippen LogP contribution >= 0.6 is 0 Å². The molecule has 0 aromatic carbocycles. The summed E-state index contributed by atoms with van der Waals surface area (Å²) in [5.74, 6) is -7.81. The third-order valence-electron chi connectivity index (χ3n) is 6.27. The van der Waals surface area contributed by atoms with E-state index in [9.17, 15) is 43.8 Å². The van der Waals surface area contributed by atoms with Gasteiger partial charge in [0.25, 0.3) is 0 Å². The maximum Gasteiger partial charge on any atom is 0.326 e. The summed E-state index contributed by atoms with van der Waals surface area (Å²) in [6.07, 6.45) is -0.812. The first-order valence-corrected chi connectivity index (χ1v) is 13.6. The average Bonchev–Trinajstić information content (AvgIpc) is 2.84. The van der Waals surface area contributed by atoms with Gasteiger partial charge in [-0.25, -0.2) is 4.79 Å². The van der Waals surface area contributed by atoms with Crippen LogP contribution in [0.3, 0.4) is 0 Å². The number of primary amides is 1. The largest absolute Gasteiger partial charge is 0.481 e. The molecule has 234 valence electrons. The van der Waals surface area contributed by atoms with Gasteiger partial charge in [0, 0.05) is 0 Å². The zero-order chi connectivity index (χ0) is 32.0. The van der Waals surface area contributed by atoms with Crippen LogP contribution in [-0.4, -0.2) is 81.9 Å². The molecule has 0 rings (SSSR count). The van der Waals surface area contributed by atoms with Gasteiger partial charge in [-0.05, 0) is 30.6 Å². The number of carbonyl (C=O) groups is 7. The molecular weight excluding hydrogens is 540 g/mol. The molecule has 0 spiro atoms. The predicted molar refractivity (Wildman–Crippen MR) is 148 cm³/mol. The van der Waals surface area contributed by atoms with Crippen LogP contribution in [0.1, 0.15) is 73.6 Å². The van der Waals surface area contributed by atoms with Gasteiger partial charge < -0.3 is 42.9 Å². The zero-order valence-corrected chi connectivity index (χ0v) is 24.6. The Balaban J connectivity index is 5.92. The number of nitrogens with two attached hydrogens (primary N) is 2. The molecule has 10 N–H and O–H groups in total. The number of hydrogen-bond donors (Lipinski definition) is 8. The molecule has 15 heteroatoms. The molecule has 0 saturated heterocycles. The van der Waals surface area contributed by atoms with Crippen LogP contribution in [0.4, 0.5) is 0 Å². The van der Waals surface area contributed by atoms with Gasteiger partial charge in [0.05, 0.1) is 18.9 Å². The average molecular weight is 587 g/mol. The van der Waals surface area contributed by atoms with Crippen molar-refractivity contribution in [3.63, 3.8) is 0 Å². The third-order valence-corrected chi connectivity index (χ3v) is 6.27. The minimum atomic E-state index is -1.72. The molecule has 0 unspecified atom stereocenters. The second kappa shape index (κ2) is 17.8. The van der Waals surface area contributed by atoms with Crippen molar-refractivity contribution in [3.8, 4) is 0 Å². The van der Waals surface area contributed by atoms with Crippen LogP contribution in [0.15, 0.2) is 0 Å². The van der Waals surface area contributed by atoms with Crippen LogP contribution in [0, 0.1) is 17.8 Å². The molecule has 0 bridgehead atoms. The lowest BCUT2D eigenvalue weighted by Gasteiger charge is -2.27. The van der Waals surface area contributed by atoms with Crippen LogP contribution in [0.25, 0.3) is 0 Å². The Bertz CT molecular complexity index is 956. The number of aliphatic carboxylic acids is 2. The molecule has 0 radical (unpaired) electrons. The Morgan fingerprint density at radius 2 is 1.02 bits per heavy atom. The van der Waals surface area contributed by atoms with E-state index in [4.69, 9.17) is 11.5 Å². The number of amides is 5. The molecule has 15 nitrogen and oxygen atoms in total. The lowest BCUT2D eigenvalue weighted by atomic mass is 9.97. The van der Waals surface area contributed by atoms with Crippen molar-refractivity contribution in [1.29, 1.82) is 0 Å². The van der Waals surface area contributed by atoms with Crippen LogP contribution < -0.4 is 32.7 Å². The number of nitrogens with one attached hydrogen (secondary N) is 4. The van der Waals surface area contributed by atoms with E-state index < -0.39 is 84.5 Å². The standard InChI is InChI=1S/C26H46N6O9/c1-7-14(6)21(28)25(39)31-15(8-12(2)3)22(36)30-17(11-20(34)35)24(38)29-16(10-19(27)33)23(37)32-18(26(40)41)9-13(4)5/h12-18,21H,7-11,28H2,1-6H3,(H2,27,33)(H,29,38)(H,30,36)(H,31,39)(H,32,37)(H,34,35)(H,40,41)/t14-,15-,16-,17-,18-,21-/m0/s1. The maximum absolute atomic E-state index is 13.1. The van der Waals surface area contributed by atoms with E-state index in [2.05, 4.69) is 21.3 Å². The lowest BCUT2D eigenvalue weighted by molar-refractivity contribution is -0.144. The molecule has 0 aliphatic rings. The van der Waals surface area contributed by atoms with Crippen LogP contribution in [0.2, 0.25) is 0 Å². The van der Waals surface area contributed by atoms with Crippen molar-refractivity contribution in [2.24, 2.45) is 29.2 Å². The van der Waals surface area contributed by atoms with Gasteiger partial charge in [-0.2, -0.15) is 0 Å². The zero-order valence-electron chi connectivity index (χ0n) is 24.6. The Hall–Kier alpha value is -3.75. The van der Waals surface area contributed by atoms with Gasteiger partial charge in [-0.3, -0.25) is 28.8 Å². The quantitative estimate of drug-likeness (QED) is 0.0898. The molecule has 6 atom stereocenters. The van der Waals surface area contributed by atoms with E-state index in [1.807, 2.05) is 6.92 Å². The molecule has 0 aliphatic carbocycles. The van der Waals surface area contributed by atoms with Crippen molar-refractivity contribution >= 4 is 41.5 Å². The summed E-state index contributed by atoms with van der Waals surface area (Å²) in [5.41, 5.74) is 11.2. The highest BCUT2D eigenvalue weighted by atomic mass is 16.4. The lowest BCUT2D eigenvalue weighted by Crippen LogP contribution is -2.59. The summed E-state index contributed by atoms with van der Waals surface area (Å²) in [6, 6.07) is -6.75. The normalized spacial score (nSPS) is 15.5. The van der Waals surface area contributed by atoms with Gasteiger partial charge in [0.1, 0.15) is 24.2 Å². The second-order valence-electron chi connectivity index (χ2n) is 11.0. The molecule has 41 heavy (non-hydrogen) atoms. The molecule has 0 saturated carbocycles. The number of carboxylic acids is 2. The van der Waals surface area contributed by atoms with Crippen molar-refractivity contribution in [2.75, 3.05) is 0 Å². The van der Waals surface area contributed by atoms with Crippen molar-refractivity contribution in [3.05, 3.63) is 0 Å². The smallest absolute Gasteiger partial charge is 0.326 e. The fourth-order valence-corrected chi connectivity index (χ4v) is 3.79. The fourth-order valence-electron chi connectivity index (χ4n) is 3.79. The topological polar surface area (TPSA) is 260 Å². The number of rotatable bonds is 19. The van der Waals surface area contributed by atoms with E-state index in [0.29, 0.717) is 6.42 Å². The first-order chi connectivity index (χ1) is 18.9. The van der Waals surface area contributed by atoms with Crippen molar-refractivity contribution < 1.29 is 43.8 Å². The number of carboxylic acid groups (broad SMARTS) is 2. The highest BCUT2D eigenvalue weighted by molar-refractivity contribution is 5.98. The molecular formula is C26H46N6O9. The number of hydrogen-bond acceptors (Lipinski definition) is 8. The van der Waals surface area contributed by atoms with E-state index in [0.717, 1.165) is 0 Å². The van der Waals surface area contributed by atoms with Gasteiger partial charge in [-0.15, -0.1) is 0 Å². The summed E-state index contributed by atoms with van der Waals surface area (Å²) >= 11 is 0. The van der Waals surface area contributed by atoms with E-state index in [1.165, 1.54) is 0 Å². The minimum Gasteiger partial charge on any atom is -0.481 e. The Kier molecular flexibility index (Phi) is 16.2. The SMILES string of the molecule is CC[C@H](C)[C@H](N)C(=O)N[C@@H](CC(C)C)C(=O)N[C@@H](CC(=O)O)C(=O)N[C@@H](CC(N)=O)C(=O)N[C@@H](CC(C)C)C(=O)O. The Morgan fingerprint density at radius 1 is 0.634 bits per heavy atom. The first kappa shape index (κ1) is 37.2. The first-order valence-electron chi connectivity index (χ1n) is 13.6. The van der Waals surface area contributed by atoms with Crippen molar-refractivity contribution in [1.82, 2.24) is 21.3 Å². The maximum atomic E-state index is 13.1. The van der Waals surface area contributed by atoms with Gasteiger partial charge in [0.2, 0.25) is 29.5 Å². The molecule has 5 amide bonds. The summed E-state index contributed by atoms with van der Waals surface area (Å²) in [4.78, 5) is 86.3. The Morgan fingerprint density at radius 3 is 1.41 bits per heavy atom. The van der Waals surface area contributed by atoms with Gasteiger partial charge in [-0.1, -0.05) is 48.0 Å². The second-order valence-corrected chi connectivity index (χ2v) is 11.0. The highest BCUT2D eigenvalue weighted by Gasteiger charge is 2.34. The van der Waals surface area contributed by atoms with E-state index in [-0.39, 0.29) is 30.6 Å². The molecule has 0 heterocycles. The van der Waals surface area contributed by atoms with Crippen molar-refractivity contribution in [2.45, 2.75) is 104 Å². The molecule has 0 aromatic heterocycles. The van der Waals surface area contributed by atoms with Crippen LogP contribution in [-0.2, 0) is 33.6 Å². The summed E-state index contributed by atoms with van der Waals surface area (Å²) in [6.45, 7) is 10.7. The third kappa shape index (κ3) is 14.4. The molecule has 0 fully saturated rings. The molecule has 0 aliphatic heterocycles.